The van der Waals surface area contributed by atoms with Gasteiger partial charge in [0.25, 0.3) is 0 Å². The third-order valence-electron chi connectivity index (χ3n) is 4.21. The minimum absolute atomic E-state index is 0.0132. The van der Waals surface area contributed by atoms with Gasteiger partial charge in [-0.15, -0.1) is 0 Å². The number of rotatable bonds is 0. The molecular formula is C15H18O2. The van der Waals surface area contributed by atoms with Crippen molar-refractivity contribution >= 4 is 5.78 Å². The summed E-state index contributed by atoms with van der Waals surface area (Å²) in [5, 5.41) is 0. The van der Waals surface area contributed by atoms with Gasteiger partial charge in [0.1, 0.15) is 5.78 Å². The van der Waals surface area contributed by atoms with Crippen molar-refractivity contribution in [2.24, 2.45) is 17.8 Å². The van der Waals surface area contributed by atoms with Crippen LogP contribution in [-0.4, -0.2) is 17.5 Å². The molecule has 0 aromatic rings. The normalized spacial score (nSPS) is 42.1. The number of ether oxygens (including phenoxy) is 1. The van der Waals surface area contributed by atoms with Crippen LogP contribution in [0.4, 0.5) is 0 Å². The highest BCUT2D eigenvalue weighted by Gasteiger charge is 2.50. The Balaban J connectivity index is 2.02. The number of fused-ring (bicyclic) bond motifs is 3. The van der Waals surface area contributed by atoms with Crippen molar-refractivity contribution in [1.29, 1.82) is 0 Å². The predicted molar refractivity (Wildman–Crippen MR) is 66.5 cm³/mol. The Kier molecular flexibility index (Phi) is 2.37. The fraction of sp³-hybridized carbons (Fsp3) is 0.533. The molecule has 17 heavy (non-hydrogen) atoms. The zero-order valence-electron chi connectivity index (χ0n) is 10.3. The standard InChI is InChI=1S/C15H18O2/c1-15(2)11-7-4-3-6-10(11)14-12(16)8-5-9-13(14)17-15/h3-7,9-11,13-14H,8H2,1-2H3. The molecular weight excluding hydrogens is 212 g/mol. The Morgan fingerprint density at radius 3 is 2.82 bits per heavy atom. The quantitative estimate of drug-likeness (QED) is 0.598. The van der Waals surface area contributed by atoms with Crippen molar-refractivity contribution in [3.63, 3.8) is 0 Å². The first-order valence-electron chi connectivity index (χ1n) is 6.32. The van der Waals surface area contributed by atoms with Crippen molar-refractivity contribution in [2.75, 3.05) is 0 Å². The van der Waals surface area contributed by atoms with Crippen molar-refractivity contribution in [3.8, 4) is 0 Å². The molecule has 2 aliphatic carbocycles. The van der Waals surface area contributed by atoms with Crippen molar-refractivity contribution in [3.05, 3.63) is 36.5 Å². The van der Waals surface area contributed by atoms with Crippen LogP contribution in [-0.2, 0) is 9.53 Å². The summed E-state index contributed by atoms with van der Waals surface area (Å²) < 4.78 is 6.12. The Morgan fingerprint density at radius 1 is 1.24 bits per heavy atom. The first kappa shape index (κ1) is 11.0. The van der Waals surface area contributed by atoms with Gasteiger partial charge in [-0.1, -0.05) is 36.5 Å². The van der Waals surface area contributed by atoms with Crippen molar-refractivity contribution in [1.82, 2.24) is 0 Å². The minimum atomic E-state index is -0.199. The van der Waals surface area contributed by atoms with E-state index in [4.69, 9.17) is 4.74 Å². The van der Waals surface area contributed by atoms with Gasteiger partial charge in [-0.2, -0.15) is 0 Å². The Labute approximate surface area is 102 Å². The summed E-state index contributed by atoms with van der Waals surface area (Å²) in [5.41, 5.74) is -0.199. The number of carbonyl (C=O) groups excluding carboxylic acids is 1. The molecule has 4 unspecified atom stereocenters. The zero-order valence-corrected chi connectivity index (χ0v) is 10.3. The van der Waals surface area contributed by atoms with E-state index in [9.17, 15) is 4.79 Å². The van der Waals surface area contributed by atoms with E-state index in [-0.39, 0.29) is 17.6 Å². The summed E-state index contributed by atoms with van der Waals surface area (Å²) in [6.07, 6.45) is 13.0. The SMILES string of the molecule is CC1(C)OC2C=CCC(=O)C2C2C=CC=CC21. The van der Waals surface area contributed by atoms with E-state index < -0.39 is 0 Å². The molecule has 90 valence electrons. The third kappa shape index (κ3) is 1.62. The lowest BCUT2D eigenvalue weighted by molar-refractivity contribution is -0.168. The summed E-state index contributed by atoms with van der Waals surface area (Å²) >= 11 is 0. The van der Waals surface area contributed by atoms with E-state index in [1.165, 1.54) is 0 Å². The fourth-order valence-corrected chi connectivity index (χ4v) is 3.40. The molecule has 4 atom stereocenters. The molecule has 0 saturated carbocycles. The molecule has 0 N–H and O–H groups in total. The smallest absolute Gasteiger partial charge is 0.143 e. The van der Waals surface area contributed by atoms with Crippen molar-refractivity contribution in [2.45, 2.75) is 32.0 Å². The third-order valence-corrected chi connectivity index (χ3v) is 4.21. The largest absolute Gasteiger partial charge is 0.367 e. The highest BCUT2D eigenvalue weighted by Crippen LogP contribution is 2.46. The van der Waals surface area contributed by atoms with E-state index in [0.717, 1.165) is 0 Å². The van der Waals surface area contributed by atoms with E-state index in [1.54, 1.807) is 0 Å². The van der Waals surface area contributed by atoms with Gasteiger partial charge in [0.15, 0.2) is 0 Å². The molecule has 0 radical (unpaired) electrons. The van der Waals surface area contributed by atoms with Gasteiger partial charge in [-0.3, -0.25) is 4.79 Å². The highest BCUT2D eigenvalue weighted by molar-refractivity contribution is 5.85. The molecule has 3 aliphatic rings. The average Bonchev–Trinajstić information content (AvgIpc) is 2.28. The molecule has 1 aliphatic heterocycles. The molecule has 2 nitrogen and oxygen atoms in total. The lowest BCUT2D eigenvalue weighted by Crippen LogP contribution is -2.54. The fourth-order valence-electron chi connectivity index (χ4n) is 3.40. The second-order valence-corrected chi connectivity index (χ2v) is 5.68. The minimum Gasteiger partial charge on any atom is -0.367 e. The Hall–Kier alpha value is -1.15. The predicted octanol–water partition coefficient (Wildman–Crippen LogP) is 2.67. The van der Waals surface area contributed by atoms with E-state index in [1.807, 2.05) is 6.08 Å². The zero-order chi connectivity index (χ0) is 12.0. The van der Waals surface area contributed by atoms with Crippen LogP contribution < -0.4 is 0 Å². The summed E-state index contributed by atoms with van der Waals surface area (Å²) in [7, 11) is 0. The molecule has 2 heteroatoms. The molecule has 0 aromatic heterocycles. The summed E-state index contributed by atoms with van der Waals surface area (Å²) in [4.78, 5) is 12.1. The van der Waals surface area contributed by atoms with Crippen LogP contribution in [0.5, 0.6) is 0 Å². The van der Waals surface area contributed by atoms with Crippen LogP contribution in [0.3, 0.4) is 0 Å². The molecule has 0 spiro atoms. The maximum Gasteiger partial charge on any atom is 0.143 e. The Morgan fingerprint density at radius 2 is 2.00 bits per heavy atom. The monoisotopic (exact) mass is 230 g/mol. The molecule has 1 heterocycles. The topological polar surface area (TPSA) is 26.3 Å². The van der Waals surface area contributed by atoms with Gasteiger partial charge in [0, 0.05) is 12.3 Å². The number of hydrogen-bond donors (Lipinski definition) is 0. The molecule has 0 amide bonds. The van der Waals surface area contributed by atoms with Crippen LogP contribution in [0.25, 0.3) is 0 Å². The molecule has 3 rings (SSSR count). The molecule has 0 bridgehead atoms. The molecule has 0 aromatic carbocycles. The molecule has 1 saturated heterocycles. The van der Waals surface area contributed by atoms with Crippen LogP contribution in [0.1, 0.15) is 20.3 Å². The van der Waals surface area contributed by atoms with Gasteiger partial charge in [0.2, 0.25) is 0 Å². The van der Waals surface area contributed by atoms with Crippen LogP contribution >= 0.6 is 0 Å². The van der Waals surface area contributed by atoms with Crippen LogP contribution in [0, 0.1) is 17.8 Å². The lowest BCUT2D eigenvalue weighted by atomic mass is 9.65. The maximum atomic E-state index is 12.1. The van der Waals surface area contributed by atoms with E-state index in [2.05, 4.69) is 44.2 Å². The van der Waals surface area contributed by atoms with Gasteiger partial charge in [-0.25, -0.2) is 0 Å². The first-order valence-corrected chi connectivity index (χ1v) is 6.32. The molecule has 1 fully saturated rings. The summed E-state index contributed by atoms with van der Waals surface area (Å²) in [6.45, 7) is 4.24. The maximum absolute atomic E-state index is 12.1. The van der Waals surface area contributed by atoms with Crippen LogP contribution in [0.2, 0.25) is 0 Å². The van der Waals surface area contributed by atoms with E-state index >= 15 is 0 Å². The van der Waals surface area contributed by atoms with Gasteiger partial charge in [-0.05, 0) is 19.8 Å². The average molecular weight is 230 g/mol. The lowest BCUT2D eigenvalue weighted by Gasteiger charge is -2.50. The second-order valence-electron chi connectivity index (χ2n) is 5.68. The first-order chi connectivity index (χ1) is 8.09. The number of hydrogen-bond acceptors (Lipinski definition) is 2. The number of Topliss-reactive ketones (excluding diaryl/α,β-unsaturated/α-hetero) is 1. The number of ketones is 1. The summed E-state index contributed by atoms with van der Waals surface area (Å²) in [6, 6.07) is 0. The van der Waals surface area contributed by atoms with Gasteiger partial charge >= 0.3 is 0 Å². The van der Waals surface area contributed by atoms with Gasteiger partial charge < -0.3 is 4.74 Å². The number of allylic oxidation sites excluding steroid dienone is 4. The van der Waals surface area contributed by atoms with Crippen LogP contribution in [0.15, 0.2) is 36.5 Å². The number of carbonyl (C=O) groups is 1. The van der Waals surface area contributed by atoms with E-state index in [0.29, 0.717) is 24.0 Å². The van der Waals surface area contributed by atoms with Gasteiger partial charge in [0.05, 0.1) is 17.6 Å². The summed E-state index contributed by atoms with van der Waals surface area (Å²) in [5.74, 6) is 0.942. The Bertz CT molecular complexity index is 428. The van der Waals surface area contributed by atoms with Crippen molar-refractivity contribution < 1.29 is 9.53 Å². The highest BCUT2D eigenvalue weighted by atomic mass is 16.5. The second kappa shape index (κ2) is 3.67.